The fraction of sp³-hybridized carbons (Fsp3) is 0.562. The van der Waals surface area contributed by atoms with Crippen molar-refractivity contribution in [3.8, 4) is 0 Å². The van der Waals surface area contributed by atoms with Crippen LogP contribution in [0.1, 0.15) is 25.7 Å². The van der Waals surface area contributed by atoms with Gasteiger partial charge in [0.05, 0.1) is 0 Å². The van der Waals surface area contributed by atoms with Gasteiger partial charge in [-0.2, -0.15) is 4.31 Å². The van der Waals surface area contributed by atoms with Gasteiger partial charge in [-0.15, -0.1) is 0 Å². The van der Waals surface area contributed by atoms with E-state index < -0.39 is 26.6 Å². The summed E-state index contributed by atoms with van der Waals surface area (Å²) in [6.45, 7) is 0.610. The Balaban J connectivity index is 1.71. The third-order valence-corrected chi connectivity index (χ3v) is 6.72. The van der Waals surface area contributed by atoms with Gasteiger partial charge in [0.1, 0.15) is 11.6 Å². The van der Waals surface area contributed by atoms with Crippen molar-refractivity contribution in [3.63, 3.8) is 0 Å². The largest absolute Gasteiger partial charge is 0.340 e. The summed E-state index contributed by atoms with van der Waals surface area (Å²) in [6, 6.07) is 2.98. The summed E-state index contributed by atoms with van der Waals surface area (Å²) in [5.41, 5.74) is 0. The van der Waals surface area contributed by atoms with Crippen LogP contribution in [0.25, 0.3) is 0 Å². The lowest BCUT2D eigenvalue weighted by molar-refractivity contribution is -0.136. The molecule has 3 rings (SSSR count). The van der Waals surface area contributed by atoms with Crippen molar-refractivity contribution in [2.24, 2.45) is 5.92 Å². The van der Waals surface area contributed by atoms with E-state index in [1.165, 1.54) is 0 Å². The summed E-state index contributed by atoms with van der Waals surface area (Å²) in [5, 5.41) is 0. The molecule has 8 heteroatoms. The van der Waals surface area contributed by atoms with Crippen LogP contribution >= 0.6 is 0 Å². The number of carbonyl (C=O) groups is 1. The second-order valence-corrected chi connectivity index (χ2v) is 8.14. The minimum absolute atomic E-state index is 0.0390. The number of nitrogens with zero attached hydrogens (tertiary/aromatic N) is 2. The maximum atomic E-state index is 13.8. The number of amides is 1. The van der Waals surface area contributed by atoms with Crippen molar-refractivity contribution < 1.29 is 22.0 Å². The van der Waals surface area contributed by atoms with Crippen LogP contribution in [-0.4, -0.2) is 49.7 Å². The second-order valence-electron chi connectivity index (χ2n) is 6.26. The Morgan fingerprint density at radius 1 is 1.00 bits per heavy atom. The molecule has 0 radical (unpaired) electrons. The number of halogens is 2. The number of carbonyl (C=O) groups excluding carboxylic acids is 1. The van der Waals surface area contributed by atoms with Gasteiger partial charge in [-0.25, -0.2) is 17.2 Å². The normalized spacial score (nSPS) is 20.5. The van der Waals surface area contributed by atoms with Gasteiger partial charge in [-0.1, -0.05) is 18.9 Å². The number of sulfonamides is 1. The van der Waals surface area contributed by atoms with Crippen molar-refractivity contribution >= 4 is 15.9 Å². The summed E-state index contributed by atoms with van der Waals surface area (Å²) in [7, 11) is -4.25. The van der Waals surface area contributed by atoms with E-state index in [1.54, 1.807) is 4.90 Å². The second kappa shape index (κ2) is 6.76. The van der Waals surface area contributed by atoms with Crippen LogP contribution in [0.3, 0.4) is 0 Å². The lowest BCUT2D eigenvalue weighted by Gasteiger charge is -2.35. The fourth-order valence-corrected chi connectivity index (χ4v) is 4.97. The number of benzene rings is 1. The number of piperazine rings is 1. The summed E-state index contributed by atoms with van der Waals surface area (Å²) in [6.07, 6.45) is 3.88. The lowest BCUT2D eigenvalue weighted by atomic mass is 10.1. The highest BCUT2D eigenvalue weighted by molar-refractivity contribution is 7.89. The smallest absolute Gasteiger partial charge is 0.249 e. The Morgan fingerprint density at radius 3 is 2.08 bits per heavy atom. The molecule has 1 aromatic rings. The molecule has 1 saturated carbocycles. The Morgan fingerprint density at radius 2 is 1.54 bits per heavy atom. The molecule has 1 aliphatic carbocycles. The Labute approximate surface area is 140 Å². The topological polar surface area (TPSA) is 57.7 Å². The Bertz CT molecular complexity index is 705. The van der Waals surface area contributed by atoms with Crippen LogP contribution in [0.2, 0.25) is 0 Å². The van der Waals surface area contributed by atoms with Crippen LogP contribution in [0.5, 0.6) is 0 Å². The van der Waals surface area contributed by atoms with E-state index in [0.717, 1.165) is 48.2 Å². The molecule has 2 fully saturated rings. The molecule has 0 bridgehead atoms. The molecular formula is C16H20F2N2O3S. The zero-order valence-corrected chi connectivity index (χ0v) is 14.1. The zero-order chi connectivity index (χ0) is 17.3. The summed E-state index contributed by atoms with van der Waals surface area (Å²) < 4.78 is 53.7. The molecule has 0 spiro atoms. The van der Waals surface area contributed by atoms with Gasteiger partial charge in [0.25, 0.3) is 0 Å². The first kappa shape index (κ1) is 17.3. The van der Waals surface area contributed by atoms with Gasteiger partial charge >= 0.3 is 0 Å². The average molecular weight is 358 g/mol. The SMILES string of the molecule is O=C(C1CCCC1)N1CCN(S(=O)(=O)c2c(F)cccc2F)CC1. The maximum absolute atomic E-state index is 13.8. The van der Waals surface area contributed by atoms with Crippen molar-refractivity contribution in [2.45, 2.75) is 30.6 Å². The molecule has 24 heavy (non-hydrogen) atoms. The first-order valence-electron chi connectivity index (χ1n) is 8.14. The van der Waals surface area contributed by atoms with Crippen molar-refractivity contribution in [1.29, 1.82) is 0 Å². The minimum Gasteiger partial charge on any atom is -0.340 e. The summed E-state index contributed by atoms with van der Waals surface area (Å²) in [4.78, 5) is 13.1. The van der Waals surface area contributed by atoms with E-state index in [2.05, 4.69) is 0 Å². The fourth-order valence-electron chi connectivity index (χ4n) is 3.44. The zero-order valence-electron chi connectivity index (χ0n) is 13.2. The molecular weight excluding hydrogens is 338 g/mol. The lowest BCUT2D eigenvalue weighted by Crippen LogP contribution is -2.51. The van der Waals surface area contributed by atoms with E-state index in [-0.39, 0.29) is 38.0 Å². The predicted molar refractivity (Wildman–Crippen MR) is 83.7 cm³/mol. The summed E-state index contributed by atoms with van der Waals surface area (Å²) >= 11 is 0. The molecule has 1 aromatic carbocycles. The van der Waals surface area contributed by atoms with Gasteiger partial charge in [0.15, 0.2) is 4.90 Å². The van der Waals surface area contributed by atoms with E-state index in [9.17, 15) is 22.0 Å². The molecule has 1 aliphatic heterocycles. The van der Waals surface area contributed by atoms with Crippen LogP contribution in [0, 0.1) is 17.6 Å². The van der Waals surface area contributed by atoms with Gasteiger partial charge in [-0.05, 0) is 25.0 Å². The number of hydrogen-bond acceptors (Lipinski definition) is 3. The molecule has 0 atom stereocenters. The van der Waals surface area contributed by atoms with E-state index >= 15 is 0 Å². The van der Waals surface area contributed by atoms with E-state index in [0.29, 0.717) is 0 Å². The third kappa shape index (κ3) is 3.17. The van der Waals surface area contributed by atoms with Gasteiger partial charge < -0.3 is 4.90 Å². The molecule has 0 unspecified atom stereocenters. The first-order valence-corrected chi connectivity index (χ1v) is 9.58. The highest BCUT2D eigenvalue weighted by atomic mass is 32.2. The Kier molecular flexibility index (Phi) is 4.87. The van der Waals surface area contributed by atoms with Crippen molar-refractivity contribution in [1.82, 2.24) is 9.21 Å². The molecule has 1 saturated heterocycles. The van der Waals surface area contributed by atoms with Crippen LogP contribution in [0.15, 0.2) is 23.1 Å². The van der Waals surface area contributed by atoms with Crippen molar-refractivity contribution in [3.05, 3.63) is 29.8 Å². The van der Waals surface area contributed by atoms with E-state index in [4.69, 9.17) is 0 Å². The number of rotatable bonds is 3. The average Bonchev–Trinajstić information content (AvgIpc) is 3.08. The quantitative estimate of drug-likeness (QED) is 0.830. The predicted octanol–water partition coefficient (Wildman–Crippen LogP) is 1.99. The van der Waals surface area contributed by atoms with Gasteiger partial charge in [0, 0.05) is 32.1 Å². The maximum Gasteiger partial charge on any atom is 0.249 e. The van der Waals surface area contributed by atoms with Crippen LogP contribution in [0.4, 0.5) is 8.78 Å². The van der Waals surface area contributed by atoms with Gasteiger partial charge in [0.2, 0.25) is 15.9 Å². The van der Waals surface area contributed by atoms with Crippen molar-refractivity contribution in [2.75, 3.05) is 26.2 Å². The third-order valence-electron chi connectivity index (χ3n) is 4.77. The monoisotopic (exact) mass is 358 g/mol. The highest BCUT2D eigenvalue weighted by Gasteiger charge is 2.35. The Hall–Kier alpha value is -1.54. The molecule has 1 amide bonds. The van der Waals surface area contributed by atoms with Gasteiger partial charge in [-0.3, -0.25) is 4.79 Å². The highest BCUT2D eigenvalue weighted by Crippen LogP contribution is 2.28. The molecule has 2 aliphatic rings. The summed E-state index contributed by atoms with van der Waals surface area (Å²) in [5.74, 6) is -2.09. The first-order chi connectivity index (χ1) is 11.4. The molecule has 132 valence electrons. The molecule has 5 nitrogen and oxygen atoms in total. The standard InChI is InChI=1S/C16H20F2N2O3S/c17-13-6-3-7-14(18)15(13)24(22,23)20-10-8-19(9-11-20)16(21)12-4-1-2-5-12/h3,6-7,12H,1-2,4-5,8-11H2. The molecule has 0 aromatic heterocycles. The van der Waals surface area contributed by atoms with Crippen LogP contribution in [-0.2, 0) is 14.8 Å². The minimum atomic E-state index is -4.25. The number of hydrogen-bond donors (Lipinski definition) is 0. The van der Waals surface area contributed by atoms with Crippen LogP contribution < -0.4 is 0 Å². The molecule has 0 N–H and O–H groups in total. The molecule has 1 heterocycles. The van der Waals surface area contributed by atoms with E-state index in [1.807, 2.05) is 0 Å².